The second-order valence-corrected chi connectivity index (χ2v) is 5.19. The second-order valence-electron chi connectivity index (χ2n) is 5.19. The van der Waals surface area contributed by atoms with E-state index in [2.05, 4.69) is 36.1 Å². The van der Waals surface area contributed by atoms with E-state index in [-0.39, 0.29) is 6.10 Å². The lowest BCUT2D eigenvalue weighted by Gasteiger charge is -2.32. The maximum atomic E-state index is 9.75. The van der Waals surface area contributed by atoms with Crippen molar-refractivity contribution >= 4 is 5.69 Å². The lowest BCUT2D eigenvalue weighted by atomic mass is 9.98. The Hall–Kier alpha value is -1.02. The van der Waals surface area contributed by atoms with Gasteiger partial charge in [-0.15, -0.1) is 0 Å². The van der Waals surface area contributed by atoms with Crippen LogP contribution in [0, 0.1) is 5.92 Å². The number of aliphatic hydroxyl groups is 1. The smallest absolute Gasteiger partial charge is 0.0787 e. The van der Waals surface area contributed by atoms with Gasteiger partial charge in [0.25, 0.3) is 0 Å². The fourth-order valence-corrected chi connectivity index (χ4v) is 2.41. The average Bonchev–Trinajstić information content (AvgIpc) is 2.39. The fourth-order valence-electron chi connectivity index (χ4n) is 2.41. The molecule has 1 N–H and O–H groups in total. The maximum absolute atomic E-state index is 9.75. The minimum absolute atomic E-state index is 0.314. The largest absolute Gasteiger partial charge is 0.388 e. The highest BCUT2D eigenvalue weighted by molar-refractivity contribution is 5.48. The van der Waals surface area contributed by atoms with Crippen molar-refractivity contribution in [3.63, 3.8) is 0 Å². The van der Waals surface area contributed by atoms with Gasteiger partial charge in [0.15, 0.2) is 0 Å². The van der Waals surface area contributed by atoms with Crippen LogP contribution in [0.5, 0.6) is 0 Å². The molecule has 0 radical (unpaired) electrons. The summed E-state index contributed by atoms with van der Waals surface area (Å²) in [5, 5.41) is 9.75. The number of rotatable bonds is 3. The SMILES string of the molecule is CC[C@H](O)c1ccc(N2CCC(C)CC2)cc1. The molecule has 17 heavy (non-hydrogen) atoms. The van der Waals surface area contributed by atoms with E-state index in [0.717, 1.165) is 31.0 Å². The van der Waals surface area contributed by atoms with Crippen LogP contribution in [0.25, 0.3) is 0 Å². The Morgan fingerprint density at radius 2 is 1.82 bits per heavy atom. The molecule has 0 aliphatic carbocycles. The first-order valence-corrected chi connectivity index (χ1v) is 6.73. The van der Waals surface area contributed by atoms with E-state index < -0.39 is 0 Å². The number of benzene rings is 1. The predicted molar refractivity (Wildman–Crippen MR) is 72.3 cm³/mol. The fraction of sp³-hybridized carbons (Fsp3) is 0.600. The standard InChI is InChI=1S/C15H23NO/c1-3-15(17)13-4-6-14(7-5-13)16-10-8-12(2)9-11-16/h4-7,12,15,17H,3,8-11H2,1-2H3/t15-/m0/s1. The van der Waals surface area contributed by atoms with E-state index >= 15 is 0 Å². The Morgan fingerprint density at radius 3 is 2.35 bits per heavy atom. The number of nitrogens with zero attached hydrogens (tertiary/aromatic N) is 1. The number of piperidine rings is 1. The van der Waals surface area contributed by atoms with Gasteiger partial charge in [-0.05, 0) is 42.9 Å². The van der Waals surface area contributed by atoms with Gasteiger partial charge in [0.1, 0.15) is 0 Å². The van der Waals surface area contributed by atoms with Crippen molar-refractivity contribution in [2.75, 3.05) is 18.0 Å². The summed E-state index contributed by atoms with van der Waals surface area (Å²) in [6.45, 7) is 6.66. The molecule has 0 unspecified atom stereocenters. The lowest BCUT2D eigenvalue weighted by molar-refractivity contribution is 0.173. The molecule has 94 valence electrons. The molecule has 0 aromatic heterocycles. The molecule has 1 aliphatic heterocycles. The minimum atomic E-state index is -0.314. The molecule has 1 fully saturated rings. The van der Waals surface area contributed by atoms with Gasteiger partial charge in [-0.1, -0.05) is 26.0 Å². The van der Waals surface area contributed by atoms with Gasteiger partial charge < -0.3 is 10.0 Å². The van der Waals surface area contributed by atoms with Crippen LogP contribution in [0.1, 0.15) is 44.8 Å². The van der Waals surface area contributed by atoms with Crippen LogP contribution < -0.4 is 4.90 Å². The predicted octanol–water partition coefficient (Wildman–Crippen LogP) is 3.37. The van der Waals surface area contributed by atoms with Crippen LogP contribution in [0.15, 0.2) is 24.3 Å². The maximum Gasteiger partial charge on any atom is 0.0787 e. The Kier molecular flexibility index (Phi) is 4.06. The van der Waals surface area contributed by atoms with Gasteiger partial charge in [-0.25, -0.2) is 0 Å². The first kappa shape index (κ1) is 12.4. The van der Waals surface area contributed by atoms with Crippen LogP contribution in [-0.2, 0) is 0 Å². The molecule has 2 rings (SSSR count). The zero-order chi connectivity index (χ0) is 12.3. The van der Waals surface area contributed by atoms with E-state index in [1.807, 2.05) is 6.92 Å². The molecule has 1 aliphatic rings. The van der Waals surface area contributed by atoms with E-state index in [1.54, 1.807) is 0 Å². The Labute approximate surface area is 104 Å². The summed E-state index contributed by atoms with van der Waals surface area (Å²) in [7, 11) is 0. The zero-order valence-corrected chi connectivity index (χ0v) is 10.9. The summed E-state index contributed by atoms with van der Waals surface area (Å²) in [6.07, 6.45) is 3.05. The molecular weight excluding hydrogens is 210 g/mol. The first-order chi connectivity index (χ1) is 8.20. The van der Waals surface area contributed by atoms with Crippen LogP contribution >= 0.6 is 0 Å². The topological polar surface area (TPSA) is 23.5 Å². The van der Waals surface area contributed by atoms with Gasteiger partial charge in [0.2, 0.25) is 0 Å². The first-order valence-electron chi connectivity index (χ1n) is 6.73. The van der Waals surface area contributed by atoms with Crippen molar-refractivity contribution in [3.05, 3.63) is 29.8 Å². The molecule has 0 amide bonds. The zero-order valence-electron chi connectivity index (χ0n) is 10.9. The average molecular weight is 233 g/mol. The number of anilines is 1. The van der Waals surface area contributed by atoms with Gasteiger partial charge in [-0.2, -0.15) is 0 Å². The lowest BCUT2D eigenvalue weighted by Crippen LogP contribution is -2.32. The summed E-state index contributed by atoms with van der Waals surface area (Å²) in [5.41, 5.74) is 2.32. The molecular formula is C15H23NO. The third-order valence-corrected chi connectivity index (χ3v) is 3.81. The summed E-state index contributed by atoms with van der Waals surface area (Å²) in [4.78, 5) is 2.45. The van der Waals surface area contributed by atoms with E-state index in [9.17, 15) is 5.11 Å². The molecule has 0 saturated carbocycles. The molecule has 1 atom stereocenters. The molecule has 1 aromatic carbocycles. The number of aliphatic hydroxyl groups excluding tert-OH is 1. The molecule has 0 bridgehead atoms. The van der Waals surface area contributed by atoms with Crippen LogP contribution in [0.3, 0.4) is 0 Å². The monoisotopic (exact) mass is 233 g/mol. The molecule has 2 nitrogen and oxygen atoms in total. The van der Waals surface area contributed by atoms with Crippen molar-refractivity contribution in [1.82, 2.24) is 0 Å². The summed E-state index contributed by atoms with van der Waals surface area (Å²) >= 11 is 0. The van der Waals surface area contributed by atoms with E-state index in [0.29, 0.717) is 0 Å². The van der Waals surface area contributed by atoms with Crippen LogP contribution in [0.4, 0.5) is 5.69 Å². The van der Waals surface area contributed by atoms with Crippen LogP contribution in [0.2, 0.25) is 0 Å². The van der Waals surface area contributed by atoms with Gasteiger partial charge >= 0.3 is 0 Å². The normalized spacial score (nSPS) is 19.4. The third-order valence-electron chi connectivity index (χ3n) is 3.81. The minimum Gasteiger partial charge on any atom is -0.388 e. The van der Waals surface area contributed by atoms with Crippen molar-refractivity contribution < 1.29 is 5.11 Å². The highest BCUT2D eigenvalue weighted by Crippen LogP contribution is 2.25. The van der Waals surface area contributed by atoms with Crippen molar-refractivity contribution in [2.45, 2.75) is 39.2 Å². The quantitative estimate of drug-likeness (QED) is 0.865. The Bertz CT molecular complexity index is 338. The Morgan fingerprint density at radius 1 is 1.24 bits per heavy atom. The third kappa shape index (κ3) is 3.01. The van der Waals surface area contributed by atoms with Crippen molar-refractivity contribution in [3.8, 4) is 0 Å². The van der Waals surface area contributed by atoms with Crippen molar-refractivity contribution in [1.29, 1.82) is 0 Å². The van der Waals surface area contributed by atoms with E-state index in [4.69, 9.17) is 0 Å². The van der Waals surface area contributed by atoms with Gasteiger partial charge in [0.05, 0.1) is 6.10 Å². The highest BCUT2D eigenvalue weighted by atomic mass is 16.3. The van der Waals surface area contributed by atoms with Gasteiger partial charge in [-0.3, -0.25) is 0 Å². The highest BCUT2D eigenvalue weighted by Gasteiger charge is 2.16. The molecule has 0 spiro atoms. The molecule has 1 saturated heterocycles. The van der Waals surface area contributed by atoms with Gasteiger partial charge in [0, 0.05) is 18.8 Å². The summed E-state index contributed by atoms with van der Waals surface area (Å²) < 4.78 is 0. The van der Waals surface area contributed by atoms with E-state index in [1.165, 1.54) is 18.5 Å². The molecule has 1 aromatic rings. The number of hydrogen-bond acceptors (Lipinski definition) is 2. The summed E-state index contributed by atoms with van der Waals surface area (Å²) in [6, 6.07) is 8.40. The second kappa shape index (κ2) is 5.54. The molecule has 2 heteroatoms. The van der Waals surface area contributed by atoms with Crippen LogP contribution in [-0.4, -0.2) is 18.2 Å². The molecule has 1 heterocycles. The summed E-state index contributed by atoms with van der Waals surface area (Å²) in [5.74, 6) is 0.868. The Balaban J connectivity index is 2.02. The number of hydrogen-bond donors (Lipinski definition) is 1. The van der Waals surface area contributed by atoms with Crippen molar-refractivity contribution in [2.24, 2.45) is 5.92 Å².